The smallest absolute Gasteiger partial charge is 0.339 e. The summed E-state index contributed by atoms with van der Waals surface area (Å²) in [5, 5.41) is 10.9. The highest BCUT2D eigenvalue weighted by Gasteiger charge is 2.39. The highest BCUT2D eigenvalue weighted by atomic mass is 32.2. The van der Waals surface area contributed by atoms with Gasteiger partial charge in [0.15, 0.2) is 0 Å². The zero-order chi connectivity index (χ0) is 29.0. The summed E-state index contributed by atoms with van der Waals surface area (Å²) >= 11 is 1.69. The number of thioether (sulfide) groups is 1. The Bertz CT molecular complexity index is 1560. The molecule has 0 amide bonds. The number of benzene rings is 3. The molecule has 0 saturated carbocycles. The molecule has 2 aliphatic rings. The Balaban J connectivity index is 0.000000183. The first-order valence-corrected chi connectivity index (χ1v) is 15.3. The van der Waals surface area contributed by atoms with Crippen molar-refractivity contribution in [2.24, 2.45) is 4.99 Å². The first kappa shape index (κ1) is 29.5. The van der Waals surface area contributed by atoms with Gasteiger partial charge in [-0.1, -0.05) is 71.0 Å². The van der Waals surface area contributed by atoms with Gasteiger partial charge in [-0.05, 0) is 72.0 Å². The Kier molecular flexibility index (Phi) is 9.09. The summed E-state index contributed by atoms with van der Waals surface area (Å²) < 4.78 is 5.54. The average Bonchev–Trinajstić information content (AvgIpc) is 2.97. The molecule has 0 radical (unpaired) electrons. The summed E-state index contributed by atoms with van der Waals surface area (Å²) in [5.41, 5.74) is 6.94. The van der Waals surface area contributed by atoms with E-state index >= 15 is 0 Å². The molecule has 0 bridgehead atoms. The van der Waals surface area contributed by atoms with Gasteiger partial charge in [0.05, 0.1) is 17.1 Å². The molecule has 1 unspecified atom stereocenters. The van der Waals surface area contributed by atoms with Crippen LogP contribution in [0.4, 0.5) is 11.4 Å². The number of nitrogens with zero attached hydrogens (tertiary/aromatic N) is 2. The van der Waals surface area contributed by atoms with E-state index in [0.29, 0.717) is 16.9 Å². The van der Waals surface area contributed by atoms with E-state index in [1.165, 1.54) is 28.4 Å². The molecule has 1 N–H and O–H groups in total. The first-order chi connectivity index (χ1) is 19.2. The van der Waals surface area contributed by atoms with E-state index in [2.05, 4.69) is 67.7 Å². The fourth-order valence-corrected chi connectivity index (χ4v) is 6.18. The minimum absolute atomic E-state index is 0.0241. The van der Waals surface area contributed by atoms with E-state index in [-0.39, 0.29) is 11.2 Å². The second kappa shape index (κ2) is 12.3. The molecule has 6 heteroatoms. The minimum atomic E-state index is -0.488. The molecular weight excluding hydrogens is 516 g/mol. The molecule has 5 nitrogen and oxygen atoms in total. The maximum Gasteiger partial charge on any atom is 0.339 e. The van der Waals surface area contributed by atoms with Crippen LogP contribution in [-0.2, 0) is 5.41 Å². The maximum atomic E-state index is 11.8. The van der Waals surface area contributed by atoms with E-state index < -0.39 is 5.63 Å². The van der Waals surface area contributed by atoms with Gasteiger partial charge in [-0.3, -0.25) is 4.99 Å². The molecule has 3 aromatic carbocycles. The third-order valence-electron chi connectivity index (χ3n) is 7.83. The molecule has 40 heavy (non-hydrogen) atoms. The van der Waals surface area contributed by atoms with Crippen molar-refractivity contribution in [2.75, 3.05) is 24.2 Å². The number of rotatable bonds is 3. The van der Waals surface area contributed by atoms with Crippen molar-refractivity contribution in [3.63, 3.8) is 0 Å². The molecule has 6 rings (SSSR count). The van der Waals surface area contributed by atoms with Crippen LogP contribution in [0.3, 0.4) is 0 Å². The van der Waals surface area contributed by atoms with E-state index in [0.717, 1.165) is 42.1 Å². The second-order valence-electron chi connectivity index (χ2n) is 10.7. The molecule has 1 atom stereocenters. The third-order valence-corrected chi connectivity index (χ3v) is 8.62. The predicted molar refractivity (Wildman–Crippen MR) is 171 cm³/mol. The highest BCUT2D eigenvalue weighted by molar-refractivity contribution is 7.98. The number of anilines is 1. The standard InChI is InChI=1S/C18H21NO3.C14H13NS.C2H6/c1-10-4-6-19-7-5-18(2,3)15-16(19)11(10)8-12-13(20)9-14(21)22-17(12)15;1-15-13-10-12(8-9-14(13)16-2)11-6-4-3-5-7-11;1-2/h8-10,20H,4-7H2,1-3H3;3-10H,1H2,2H3;1-2H3. The van der Waals surface area contributed by atoms with E-state index in [9.17, 15) is 9.90 Å². The van der Waals surface area contributed by atoms with Gasteiger partial charge in [0, 0.05) is 29.2 Å². The van der Waals surface area contributed by atoms with Gasteiger partial charge < -0.3 is 14.4 Å². The normalized spacial score (nSPS) is 16.6. The summed E-state index contributed by atoms with van der Waals surface area (Å²) in [6, 6.07) is 19.8. The van der Waals surface area contributed by atoms with E-state index in [4.69, 9.17) is 4.42 Å². The van der Waals surface area contributed by atoms with Gasteiger partial charge in [-0.2, -0.15) is 0 Å². The molecule has 2 aliphatic heterocycles. The number of aliphatic imine (C=N–C) groups is 1. The lowest BCUT2D eigenvalue weighted by Crippen LogP contribution is -2.41. The molecular formula is C34H40N2O3S. The number of fused-ring (bicyclic) bond motifs is 2. The van der Waals surface area contributed by atoms with Gasteiger partial charge in [0.25, 0.3) is 0 Å². The van der Waals surface area contributed by atoms with Crippen LogP contribution in [0.1, 0.15) is 64.5 Å². The van der Waals surface area contributed by atoms with Crippen molar-refractivity contribution < 1.29 is 9.52 Å². The molecule has 0 fully saturated rings. The van der Waals surface area contributed by atoms with Crippen LogP contribution < -0.4 is 10.5 Å². The Labute approximate surface area is 242 Å². The van der Waals surface area contributed by atoms with Crippen molar-refractivity contribution in [1.29, 1.82) is 0 Å². The maximum absolute atomic E-state index is 11.8. The van der Waals surface area contributed by atoms with Crippen molar-refractivity contribution >= 4 is 40.8 Å². The van der Waals surface area contributed by atoms with Gasteiger partial charge in [0.2, 0.25) is 0 Å². The Morgan fingerprint density at radius 2 is 1.77 bits per heavy atom. The molecule has 210 valence electrons. The largest absolute Gasteiger partial charge is 0.507 e. The van der Waals surface area contributed by atoms with E-state index in [1.807, 2.05) is 44.4 Å². The van der Waals surface area contributed by atoms with Crippen LogP contribution in [0, 0.1) is 0 Å². The van der Waals surface area contributed by atoms with Gasteiger partial charge in [-0.25, -0.2) is 4.79 Å². The summed E-state index contributed by atoms with van der Waals surface area (Å²) in [5.74, 6) is 0.477. The Morgan fingerprint density at radius 3 is 2.45 bits per heavy atom. The number of aromatic hydroxyl groups is 1. The van der Waals surface area contributed by atoms with Gasteiger partial charge in [0.1, 0.15) is 11.3 Å². The molecule has 1 aromatic heterocycles. The van der Waals surface area contributed by atoms with Gasteiger partial charge in [-0.15, -0.1) is 11.8 Å². The van der Waals surface area contributed by atoms with Crippen LogP contribution in [0.5, 0.6) is 5.75 Å². The first-order valence-electron chi connectivity index (χ1n) is 14.0. The zero-order valence-electron chi connectivity index (χ0n) is 24.5. The number of hydrogen-bond donors (Lipinski definition) is 1. The molecule has 4 aromatic rings. The summed E-state index contributed by atoms with van der Waals surface area (Å²) in [7, 11) is 0. The third kappa shape index (κ3) is 5.68. The lowest BCUT2D eigenvalue weighted by molar-refractivity contribution is 0.427. The fraction of sp³-hybridized carbons (Fsp3) is 0.353. The molecule has 3 heterocycles. The lowest BCUT2D eigenvalue weighted by atomic mass is 9.73. The zero-order valence-corrected chi connectivity index (χ0v) is 25.3. The monoisotopic (exact) mass is 556 g/mol. The number of hydrogen-bond acceptors (Lipinski definition) is 6. The van der Waals surface area contributed by atoms with Crippen LogP contribution in [0.15, 0.2) is 79.8 Å². The predicted octanol–water partition coefficient (Wildman–Crippen LogP) is 8.93. The lowest BCUT2D eigenvalue weighted by Gasteiger charge is -2.45. The summed E-state index contributed by atoms with van der Waals surface area (Å²) in [6.07, 6.45) is 4.19. The van der Waals surface area contributed by atoms with E-state index in [1.54, 1.807) is 11.8 Å². The molecule has 0 aliphatic carbocycles. The summed E-state index contributed by atoms with van der Waals surface area (Å²) in [4.78, 5) is 19.4. The van der Waals surface area contributed by atoms with Crippen molar-refractivity contribution in [3.05, 3.63) is 82.2 Å². The topological polar surface area (TPSA) is 66.0 Å². The van der Waals surface area contributed by atoms with Crippen LogP contribution in [-0.4, -0.2) is 31.2 Å². The van der Waals surface area contributed by atoms with Crippen molar-refractivity contribution in [3.8, 4) is 16.9 Å². The van der Waals surface area contributed by atoms with Crippen LogP contribution >= 0.6 is 11.8 Å². The Hall–Kier alpha value is -3.51. The van der Waals surface area contributed by atoms with Crippen LogP contribution in [0.25, 0.3) is 22.1 Å². The highest BCUT2D eigenvalue weighted by Crippen LogP contribution is 2.50. The van der Waals surface area contributed by atoms with Crippen molar-refractivity contribution in [1.82, 2.24) is 0 Å². The fourth-order valence-electron chi connectivity index (χ4n) is 5.64. The quantitative estimate of drug-likeness (QED) is 0.155. The van der Waals surface area contributed by atoms with Gasteiger partial charge >= 0.3 is 5.63 Å². The Morgan fingerprint density at radius 1 is 1.05 bits per heavy atom. The minimum Gasteiger partial charge on any atom is -0.507 e. The molecule has 0 spiro atoms. The van der Waals surface area contributed by atoms with Crippen LogP contribution in [0.2, 0.25) is 0 Å². The average molecular weight is 557 g/mol. The summed E-state index contributed by atoms with van der Waals surface area (Å²) in [6.45, 7) is 16.3. The molecule has 0 saturated heterocycles. The van der Waals surface area contributed by atoms with Crippen molar-refractivity contribution in [2.45, 2.75) is 63.7 Å². The SMILES string of the molecule is C=Nc1cc(-c2ccccc2)ccc1SC.CC.CC1CCN2CCC(C)(C)c3c2c1cc1c(O)cc(=O)oc31. The second-order valence-corrected chi connectivity index (χ2v) is 11.6.